The standard InChI is InChI=1S/C18H17ClN4O4/c1-11(2)17(24)21-14-6-4-13(5-7-14)18(25)22-20-10-12-3-8-15(19)16(9-12)23(26)27/h3-11H,1-2H3,(H,21,24)(H,22,25)/b20-10+. The van der Waals surface area contributed by atoms with Crippen LogP contribution in [0.3, 0.4) is 0 Å². The summed E-state index contributed by atoms with van der Waals surface area (Å²) in [6.45, 7) is 3.56. The number of nitrogens with one attached hydrogen (secondary N) is 2. The molecule has 2 rings (SSSR count). The molecule has 0 unspecified atom stereocenters. The van der Waals surface area contributed by atoms with E-state index in [0.29, 0.717) is 16.8 Å². The van der Waals surface area contributed by atoms with E-state index in [1.165, 1.54) is 24.4 Å². The van der Waals surface area contributed by atoms with Crippen molar-refractivity contribution in [3.63, 3.8) is 0 Å². The number of nitrogens with zero attached hydrogens (tertiary/aromatic N) is 2. The molecular weight excluding hydrogens is 372 g/mol. The number of anilines is 1. The molecule has 0 spiro atoms. The van der Waals surface area contributed by atoms with Crippen molar-refractivity contribution in [3.05, 3.63) is 68.7 Å². The largest absolute Gasteiger partial charge is 0.326 e. The SMILES string of the molecule is CC(C)C(=O)Nc1ccc(C(=O)N/N=C/c2ccc(Cl)c([N+](=O)[O-])c2)cc1. The first kappa shape index (κ1) is 20.1. The van der Waals surface area contributed by atoms with Crippen LogP contribution in [0.4, 0.5) is 11.4 Å². The average molecular weight is 389 g/mol. The summed E-state index contributed by atoms with van der Waals surface area (Å²) in [6, 6.07) is 10.5. The van der Waals surface area contributed by atoms with Crippen LogP contribution in [0.25, 0.3) is 0 Å². The number of hydrogen-bond acceptors (Lipinski definition) is 5. The molecule has 2 amide bonds. The van der Waals surface area contributed by atoms with Gasteiger partial charge in [0.05, 0.1) is 11.1 Å². The van der Waals surface area contributed by atoms with Crippen LogP contribution in [0.15, 0.2) is 47.6 Å². The monoisotopic (exact) mass is 388 g/mol. The summed E-state index contributed by atoms with van der Waals surface area (Å²) in [5.74, 6) is -0.726. The number of carbonyl (C=O) groups excluding carboxylic acids is 2. The van der Waals surface area contributed by atoms with E-state index in [2.05, 4.69) is 15.8 Å². The lowest BCUT2D eigenvalue weighted by Gasteiger charge is -2.08. The summed E-state index contributed by atoms with van der Waals surface area (Å²) in [7, 11) is 0. The van der Waals surface area contributed by atoms with Gasteiger partial charge in [0.15, 0.2) is 0 Å². The highest BCUT2D eigenvalue weighted by atomic mass is 35.5. The summed E-state index contributed by atoms with van der Waals surface area (Å²) in [4.78, 5) is 34.0. The van der Waals surface area contributed by atoms with Gasteiger partial charge in [-0.25, -0.2) is 5.43 Å². The minimum atomic E-state index is -0.599. The Morgan fingerprint density at radius 1 is 1.19 bits per heavy atom. The predicted octanol–water partition coefficient (Wildman–Crippen LogP) is 3.61. The second kappa shape index (κ2) is 8.91. The van der Waals surface area contributed by atoms with E-state index in [0.717, 1.165) is 0 Å². The molecule has 0 aliphatic heterocycles. The molecule has 0 heterocycles. The van der Waals surface area contributed by atoms with E-state index in [1.54, 1.807) is 38.1 Å². The number of rotatable bonds is 6. The normalized spacial score (nSPS) is 10.8. The zero-order chi connectivity index (χ0) is 20.0. The zero-order valence-corrected chi connectivity index (χ0v) is 15.4. The van der Waals surface area contributed by atoms with Crippen LogP contribution in [0.5, 0.6) is 0 Å². The maximum Gasteiger partial charge on any atom is 0.288 e. The van der Waals surface area contributed by atoms with Gasteiger partial charge in [0.25, 0.3) is 11.6 Å². The van der Waals surface area contributed by atoms with Crippen molar-refractivity contribution < 1.29 is 14.5 Å². The van der Waals surface area contributed by atoms with E-state index < -0.39 is 10.8 Å². The topological polar surface area (TPSA) is 114 Å². The second-order valence-electron chi connectivity index (χ2n) is 5.89. The van der Waals surface area contributed by atoms with E-state index in [4.69, 9.17) is 11.6 Å². The molecule has 0 bridgehead atoms. The Labute approximate surface area is 160 Å². The number of hydrogen-bond donors (Lipinski definition) is 2. The Morgan fingerprint density at radius 3 is 2.44 bits per heavy atom. The highest BCUT2D eigenvalue weighted by molar-refractivity contribution is 6.32. The van der Waals surface area contributed by atoms with E-state index in [9.17, 15) is 19.7 Å². The van der Waals surface area contributed by atoms with Crippen LogP contribution in [0.2, 0.25) is 5.02 Å². The van der Waals surface area contributed by atoms with Gasteiger partial charge < -0.3 is 5.32 Å². The number of nitro groups is 1. The first-order chi connectivity index (χ1) is 12.8. The fourth-order valence-corrected chi connectivity index (χ4v) is 2.16. The molecule has 0 aromatic heterocycles. The third-order valence-corrected chi connectivity index (χ3v) is 3.81. The Hall–Kier alpha value is -3.26. The number of carbonyl (C=O) groups is 2. The van der Waals surface area contributed by atoms with Crippen LogP contribution in [-0.4, -0.2) is 23.0 Å². The zero-order valence-electron chi connectivity index (χ0n) is 14.6. The molecule has 0 atom stereocenters. The van der Waals surface area contributed by atoms with Crippen LogP contribution in [0.1, 0.15) is 29.8 Å². The van der Waals surface area contributed by atoms with Crippen molar-refractivity contribution in [3.8, 4) is 0 Å². The molecule has 0 saturated heterocycles. The highest BCUT2D eigenvalue weighted by Crippen LogP contribution is 2.24. The van der Waals surface area contributed by atoms with E-state index in [1.807, 2.05) is 0 Å². The highest BCUT2D eigenvalue weighted by Gasteiger charge is 2.12. The molecule has 0 aliphatic carbocycles. The maximum atomic E-state index is 12.1. The first-order valence-electron chi connectivity index (χ1n) is 7.96. The molecule has 0 saturated carbocycles. The summed E-state index contributed by atoms with van der Waals surface area (Å²) >= 11 is 5.74. The third-order valence-electron chi connectivity index (χ3n) is 3.49. The number of benzene rings is 2. The van der Waals surface area contributed by atoms with Gasteiger partial charge in [0.1, 0.15) is 5.02 Å². The van der Waals surface area contributed by atoms with Gasteiger partial charge in [-0.05, 0) is 30.3 Å². The lowest BCUT2D eigenvalue weighted by Crippen LogP contribution is -2.19. The van der Waals surface area contributed by atoms with Gasteiger partial charge in [-0.15, -0.1) is 0 Å². The van der Waals surface area contributed by atoms with Crippen LogP contribution in [0, 0.1) is 16.0 Å². The molecule has 8 nitrogen and oxygen atoms in total. The van der Waals surface area contributed by atoms with Crippen molar-refractivity contribution in [2.45, 2.75) is 13.8 Å². The molecule has 0 aliphatic rings. The molecule has 2 N–H and O–H groups in total. The van der Waals surface area contributed by atoms with Gasteiger partial charge in [-0.2, -0.15) is 5.10 Å². The van der Waals surface area contributed by atoms with Crippen molar-refractivity contribution in [2.75, 3.05) is 5.32 Å². The molecule has 140 valence electrons. The fourth-order valence-electron chi connectivity index (χ4n) is 1.97. The summed E-state index contributed by atoms with van der Waals surface area (Å²) in [5, 5.41) is 17.4. The van der Waals surface area contributed by atoms with Crippen molar-refractivity contribution >= 4 is 41.0 Å². The quantitative estimate of drug-likeness (QED) is 0.447. The Bertz CT molecular complexity index is 895. The van der Waals surface area contributed by atoms with Crippen LogP contribution >= 0.6 is 11.6 Å². The first-order valence-corrected chi connectivity index (χ1v) is 8.34. The molecule has 0 radical (unpaired) electrons. The Morgan fingerprint density at radius 2 is 1.85 bits per heavy atom. The second-order valence-corrected chi connectivity index (χ2v) is 6.30. The molecular formula is C18H17ClN4O4. The van der Waals surface area contributed by atoms with E-state index in [-0.39, 0.29) is 22.5 Å². The van der Waals surface area contributed by atoms with Crippen LogP contribution in [-0.2, 0) is 4.79 Å². The number of nitro benzene ring substituents is 1. The number of amides is 2. The van der Waals surface area contributed by atoms with Gasteiger partial charge in [0, 0.05) is 28.8 Å². The molecule has 0 fully saturated rings. The maximum absolute atomic E-state index is 12.1. The van der Waals surface area contributed by atoms with Gasteiger partial charge in [-0.3, -0.25) is 19.7 Å². The Balaban J connectivity index is 1.99. The van der Waals surface area contributed by atoms with Crippen molar-refractivity contribution in [1.82, 2.24) is 5.43 Å². The van der Waals surface area contributed by atoms with Crippen LogP contribution < -0.4 is 10.7 Å². The number of hydrazone groups is 1. The summed E-state index contributed by atoms with van der Waals surface area (Å²) in [6.07, 6.45) is 1.28. The summed E-state index contributed by atoms with van der Waals surface area (Å²) in [5.41, 5.74) is 3.43. The lowest BCUT2D eigenvalue weighted by atomic mass is 10.1. The van der Waals surface area contributed by atoms with E-state index >= 15 is 0 Å². The Kier molecular flexibility index (Phi) is 6.62. The number of halogens is 1. The molecule has 2 aromatic rings. The smallest absolute Gasteiger partial charge is 0.288 e. The minimum Gasteiger partial charge on any atom is -0.326 e. The summed E-state index contributed by atoms with van der Waals surface area (Å²) < 4.78 is 0. The van der Waals surface area contributed by atoms with Crippen molar-refractivity contribution in [2.24, 2.45) is 11.0 Å². The van der Waals surface area contributed by atoms with Crippen molar-refractivity contribution in [1.29, 1.82) is 0 Å². The fraction of sp³-hybridized carbons (Fsp3) is 0.167. The van der Waals surface area contributed by atoms with Gasteiger partial charge in [0.2, 0.25) is 5.91 Å². The van der Waals surface area contributed by atoms with Gasteiger partial charge >= 0.3 is 0 Å². The molecule has 9 heteroatoms. The molecule has 2 aromatic carbocycles. The third kappa shape index (κ3) is 5.61. The lowest BCUT2D eigenvalue weighted by molar-refractivity contribution is -0.384. The molecule has 27 heavy (non-hydrogen) atoms. The predicted molar refractivity (Wildman–Crippen MR) is 103 cm³/mol. The average Bonchev–Trinajstić information content (AvgIpc) is 2.63. The minimum absolute atomic E-state index is 0.0193. The van der Waals surface area contributed by atoms with Gasteiger partial charge in [-0.1, -0.05) is 31.5 Å².